The van der Waals surface area contributed by atoms with Crippen LogP contribution in [0.3, 0.4) is 0 Å². The SMILES string of the molecule is Nc1ncnc2c1ccn2[C@H]1O[C@@H](COP(O)(O)=S)[C@H](O)[C@@H]1O. The van der Waals surface area contributed by atoms with E-state index in [9.17, 15) is 10.2 Å². The van der Waals surface area contributed by atoms with Crippen molar-refractivity contribution in [3.05, 3.63) is 18.6 Å². The topological polar surface area (TPSA) is 156 Å². The highest BCUT2D eigenvalue weighted by Gasteiger charge is 2.44. The minimum absolute atomic E-state index is 0.280. The fraction of sp³-hybridized carbons (Fsp3) is 0.455. The smallest absolute Gasteiger partial charge is 0.321 e. The van der Waals surface area contributed by atoms with Gasteiger partial charge in [-0.2, -0.15) is 0 Å². The van der Waals surface area contributed by atoms with Crippen LogP contribution in [0.15, 0.2) is 18.6 Å². The third-order valence-electron chi connectivity index (χ3n) is 3.56. The van der Waals surface area contributed by atoms with Crippen LogP contribution in [0.1, 0.15) is 6.23 Å². The van der Waals surface area contributed by atoms with Gasteiger partial charge >= 0.3 is 6.72 Å². The number of fused-ring (bicyclic) bond motifs is 1. The van der Waals surface area contributed by atoms with Crippen LogP contribution in [0, 0.1) is 0 Å². The summed E-state index contributed by atoms with van der Waals surface area (Å²) in [5.41, 5.74) is 6.19. The van der Waals surface area contributed by atoms with E-state index in [1.807, 2.05) is 0 Å². The molecule has 10 nitrogen and oxygen atoms in total. The Morgan fingerprint density at radius 3 is 2.78 bits per heavy atom. The van der Waals surface area contributed by atoms with Crippen LogP contribution in [0.4, 0.5) is 5.82 Å². The Balaban J connectivity index is 1.85. The van der Waals surface area contributed by atoms with E-state index in [0.717, 1.165) is 0 Å². The number of nitrogens with two attached hydrogens (primary N) is 1. The van der Waals surface area contributed by atoms with Crippen LogP contribution >= 0.6 is 6.72 Å². The summed E-state index contributed by atoms with van der Waals surface area (Å²) in [6, 6.07) is 1.66. The predicted molar refractivity (Wildman–Crippen MR) is 82.5 cm³/mol. The highest BCUT2D eigenvalue weighted by Crippen LogP contribution is 2.39. The zero-order valence-corrected chi connectivity index (χ0v) is 13.3. The van der Waals surface area contributed by atoms with Crippen molar-refractivity contribution < 1.29 is 29.3 Å². The number of hydrogen-bond donors (Lipinski definition) is 5. The minimum Gasteiger partial charge on any atom is -0.387 e. The number of anilines is 1. The molecule has 126 valence electrons. The van der Waals surface area contributed by atoms with Gasteiger partial charge in [0.1, 0.15) is 36.1 Å². The third kappa shape index (κ3) is 3.23. The maximum Gasteiger partial charge on any atom is 0.321 e. The molecule has 0 bridgehead atoms. The van der Waals surface area contributed by atoms with Crippen molar-refractivity contribution in [3.63, 3.8) is 0 Å². The fourth-order valence-corrected chi connectivity index (χ4v) is 2.99. The summed E-state index contributed by atoms with van der Waals surface area (Å²) in [7, 11) is 0. The summed E-state index contributed by atoms with van der Waals surface area (Å²) in [5.74, 6) is 0.280. The summed E-state index contributed by atoms with van der Waals surface area (Å²) >= 11 is 4.34. The molecule has 0 aliphatic carbocycles. The van der Waals surface area contributed by atoms with E-state index in [-0.39, 0.29) is 12.4 Å². The molecule has 2 aromatic heterocycles. The van der Waals surface area contributed by atoms with E-state index in [1.165, 1.54) is 10.9 Å². The summed E-state index contributed by atoms with van der Waals surface area (Å²) < 4.78 is 11.8. The zero-order valence-electron chi connectivity index (χ0n) is 11.6. The van der Waals surface area contributed by atoms with Gasteiger partial charge in [0, 0.05) is 6.20 Å². The molecule has 1 aliphatic heterocycles. The molecule has 0 unspecified atom stereocenters. The molecule has 4 atom stereocenters. The Kier molecular flexibility index (Phi) is 4.38. The molecular weight excluding hydrogens is 347 g/mol. The molecule has 1 aliphatic rings. The number of hydrogen-bond acceptors (Lipinski definition) is 8. The van der Waals surface area contributed by atoms with Crippen molar-refractivity contribution in [2.24, 2.45) is 0 Å². The van der Waals surface area contributed by atoms with E-state index >= 15 is 0 Å². The molecule has 0 amide bonds. The molecule has 6 N–H and O–H groups in total. The summed E-state index contributed by atoms with van der Waals surface area (Å²) in [4.78, 5) is 26.1. The highest BCUT2D eigenvalue weighted by atomic mass is 32.5. The van der Waals surface area contributed by atoms with Crippen LogP contribution in [-0.4, -0.2) is 59.5 Å². The number of aliphatic hydroxyl groups is 2. The van der Waals surface area contributed by atoms with Gasteiger partial charge in [-0.15, -0.1) is 0 Å². The van der Waals surface area contributed by atoms with E-state index in [2.05, 4.69) is 21.8 Å². The maximum absolute atomic E-state index is 10.2. The first-order valence-electron chi connectivity index (χ1n) is 6.56. The number of nitrogens with zero attached hydrogens (tertiary/aromatic N) is 3. The first kappa shape index (κ1) is 16.7. The molecule has 1 saturated heterocycles. The van der Waals surface area contributed by atoms with Gasteiger partial charge < -0.3 is 39.6 Å². The van der Waals surface area contributed by atoms with Gasteiger partial charge in [0.05, 0.1) is 12.0 Å². The molecule has 2 aromatic rings. The lowest BCUT2D eigenvalue weighted by Gasteiger charge is -2.17. The lowest BCUT2D eigenvalue weighted by atomic mass is 10.1. The predicted octanol–water partition coefficient (Wildman–Crippen LogP) is -1.14. The van der Waals surface area contributed by atoms with Crippen molar-refractivity contribution in [3.8, 4) is 0 Å². The van der Waals surface area contributed by atoms with Crippen LogP contribution in [0.2, 0.25) is 0 Å². The first-order valence-corrected chi connectivity index (χ1v) is 9.19. The Hall–Kier alpha value is -1.17. The molecule has 1 fully saturated rings. The summed E-state index contributed by atoms with van der Waals surface area (Å²) in [6.45, 7) is -4.24. The van der Waals surface area contributed by atoms with E-state index in [0.29, 0.717) is 11.0 Å². The van der Waals surface area contributed by atoms with Gasteiger partial charge in [-0.3, -0.25) is 0 Å². The molecule has 0 radical (unpaired) electrons. The lowest BCUT2D eigenvalue weighted by Crippen LogP contribution is -2.33. The van der Waals surface area contributed by atoms with Crippen LogP contribution in [0.25, 0.3) is 11.0 Å². The Labute approximate surface area is 135 Å². The average molecular weight is 362 g/mol. The van der Waals surface area contributed by atoms with E-state index < -0.39 is 31.3 Å². The molecule has 0 spiro atoms. The van der Waals surface area contributed by atoms with Crippen molar-refractivity contribution in [2.45, 2.75) is 24.5 Å². The Morgan fingerprint density at radius 2 is 2.09 bits per heavy atom. The number of aliphatic hydroxyl groups excluding tert-OH is 2. The van der Waals surface area contributed by atoms with Gasteiger partial charge in [0.25, 0.3) is 0 Å². The third-order valence-corrected chi connectivity index (χ3v) is 4.36. The molecular formula is C11H15N4O6PS. The molecule has 12 heteroatoms. The number of ether oxygens (including phenoxy) is 1. The number of rotatable bonds is 4. The monoisotopic (exact) mass is 362 g/mol. The fourth-order valence-electron chi connectivity index (χ4n) is 2.46. The Bertz CT molecular complexity index is 766. The zero-order chi connectivity index (χ0) is 16.8. The van der Waals surface area contributed by atoms with Gasteiger partial charge in [0.2, 0.25) is 0 Å². The van der Waals surface area contributed by atoms with Gasteiger partial charge in [-0.1, -0.05) is 0 Å². The van der Waals surface area contributed by atoms with Gasteiger partial charge in [0.15, 0.2) is 6.23 Å². The maximum atomic E-state index is 10.2. The lowest BCUT2D eigenvalue weighted by molar-refractivity contribution is -0.0484. The molecule has 0 saturated carbocycles. The average Bonchev–Trinajstić information content (AvgIpc) is 3.01. The van der Waals surface area contributed by atoms with Gasteiger partial charge in [-0.25, -0.2) is 9.97 Å². The largest absolute Gasteiger partial charge is 0.387 e. The van der Waals surface area contributed by atoms with Crippen molar-refractivity contribution in [1.29, 1.82) is 0 Å². The molecule has 3 heterocycles. The van der Waals surface area contributed by atoms with Crippen LogP contribution in [0.5, 0.6) is 0 Å². The second kappa shape index (κ2) is 6.04. The van der Waals surface area contributed by atoms with Crippen LogP contribution in [-0.2, 0) is 21.1 Å². The minimum atomic E-state index is -3.87. The second-order valence-corrected chi connectivity index (χ2v) is 7.72. The molecule has 23 heavy (non-hydrogen) atoms. The highest BCUT2D eigenvalue weighted by molar-refractivity contribution is 8.06. The summed E-state index contributed by atoms with van der Waals surface area (Å²) in [6.07, 6.45) is -1.61. The molecule has 3 rings (SSSR count). The van der Waals surface area contributed by atoms with Crippen LogP contribution < -0.4 is 5.73 Å². The Morgan fingerprint density at radius 1 is 1.35 bits per heavy atom. The number of nitrogen functional groups attached to an aromatic ring is 1. The molecule has 0 aromatic carbocycles. The number of aromatic nitrogens is 3. The second-order valence-electron chi connectivity index (χ2n) is 5.05. The normalized spacial score (nSPS) is 28.5. The van der Waals surface area contributed by atoms with Gasteiger partial charge in [-0.05, 0) is 17.9 Å². The standard InChI is InChI=1S/C11H15N4O6PS/c12-9-5-1-2-15(10(5)14-4-13-9)11-8(17)7(16)6(21-11)3-20-22(18,19)23/h1-2,4,6-8,11,16-17H,3H2,(H2,12,13,14)(H2,18,19,23)/t6-,7-,8-,11-/m0/s1. The first-order chi connectivity index (χ1) is 10.8. The van der Waals surface area contributed by atoms with Crippen molar-refractivity contribution >= 4 is 35.4 Å². The quantitative estimate of drug-likeness (QED) is 0.421. The van der Waals surface area contributed by atoms with Crippen molar-refractivity contribution in [2.75, 3.05) is 12.3 Å². The van der Waals surface area contributed by atoms with Crippen molar-refractivity contribution in [1.82, 2.24) is 14.5 Å². The van der Waals surface area contributed by atoms with E-state index in [4.69, 9.17) is 24.8 Å². The van der Waals surface area contributed by atoms with E-state index in [1.54, 1.807) is 12.3 Å². The summed E-state index contributed by atoms with van der Waals surface area (Å²) in [5, 5.41) is 20.8.